The van der Waals surface area contributed by atoms with Gasteiger partial charge in [-0.3, -0.25) is 0 Å². The van der Waals surface area contributed by atoms with Crippen molar-refractivity contribution in [3.8, 4) is 0 Å². The van der Waals surface area contributed by atoms with Gasteiger partial charge < -0.3 is 19.6 Å². The highest BCUT2D eigenvalue weighted by Crippen LogP contribution is 2.40. The van der Waals surface area contributed by atoms with Crippen LogP contribution in [0.15, 0.2) is 109 Å². The average Bonchev–Trinajstić information content (AvgIpc) is 3.39. The monoisotopic (exact) mass is 432 g/mol. The second-order valence-corrected chi connectivity index (χ2v) is 8.85. The van der Waals surface area contributed by atoms with Crippen molar-refractivity contribution in [2.45, 2.75) is 13.1 Å². The molecule has 0 aliphatic carbocycles. The molecule has 0 amide bonds. The van der Waals surface area contributed by atoms with Crippen LogP contribution in [0, 0.1) is 0 Å². The molecule has 4 aromatic rings. The highest BCUT2D eigenvalue weighted by atomic mass is 15.5. The van der Waals surface area contributed by atoms with Gasteiger partial charge in [-0.05, 0) is 35.4 Å². The van der Waals surface area contributed by atoms with E-state index in [2.05, 4.69) is 129 Å². The van der Waals surface area contributed by atoms with Gasteiger partial charge in [-0.1, -0.05) is 84.9 Å². The van der Waals surface area contributed by atoms with Crippen molar-refractivity contribution >= 4 is 22.7 Å². The maximum atomic E-state index is 2.50. The van der Waals surface area contributed by atoms with Gasteiger partial charge in [0.2, 0.25) is 0 Å². The second kappa shape index (κ2) is 8.55. The van der Waals surface area contributed by atoms with Gasteiger partial charge in [-0.2, -0.15) is 0 Å². The molecule has 4 heteroatoms. The molecule has 0 bridgehead atoms. The Kier molecular flexibility index (Phi) is 5.11. The Hall–Kier alpha value is -3.92. The molecule has 0 aromatic heterocycles. The zero-order valence-corrected chi connectivity index (χ0v) is 18.7. The zero-order valence-electron chi connectivity index (χ0n) is 18.7. The van der Waals surface area contributed by atoms with Crippen LogP contribution in [0.4, 0.5) is 22.7 Å². The highest BCUT2D eigenvalue weighted by Gasteiger charge is 2.31. The van der Waals surface area contributed by atoms with Crippen LogP contribution in [0.25, 0.3) is 0 Å². The summed E-state index contributed by atoms with van der Waals surface area (Å²) in [5.41, 5.74) is 7.94. The minimum Gasteiger partial charge on any atom is -0.348 e. The fourth-order valence-corrected chi connectivity index (χ4v) is 5.04. The lowest BCUT2D eigenvalue weighted by atomic mass is 10.2. The maximum Gasteiger partial charge on any atom is 0.0939 e. The fraction of sp³-hybridized carbons (Fsp3) is 0.172. The molecule has 2 heterocycles. The summed E-state index contributed by atoms with van der Waals surface area (Å²) in [6, 6.07) is 39.1. The number of rotatable bonds is 6. The van der Waals surface area contributed by atoms with E-state index in [1.807, 2.05) is 0 Å². The van der Waals surface area contributed by atoms with Crippen molar-refractivity contribution in [2.24, 2.45) is 0 Å². The van der Waals surface area contributed by atoms with E-state index >= 15 is 0 Å². The molecule has 0 N–H and O–H groups in total. The summed E-state index contributed by atoms with van der Waals surface area (Å²) in [4.78, 5) is 9.96. The minimum absolute atomic E-state index is 0.866. The molecule has 33 heavy (non-hydrogen) atoms. The lowest BCUT2D eigenvalue weighted by Gasteiger charge is -2.29. The van der Waals surface area contributed by atoms with Gasteiger partial charge in [-0.25, -0.2) is 0 Å². The first-order valence-electron chi connectivity index (χ1n) is 11.6. The van der Waals surface area contributed by atoms with E-state index < -0.39 is 0 Å². The van der Waals surface area contributed by atoms with Gasteiger partial charge in [0.25, 0.3) is 0 Å². The summed E-state index contributed by atoms with van der Waals surface area (Å²) in [7, 11) is 0. The summed E-state index contributed by atoms with van der Waals surface area (Å²) in [5.74, 6) is 0. The topological polar surface area (TPSA) is 13.0 Å². The number of benzene rings is 4. The smallest absolute Gasteiger partial charge is 0.0939 e. The molecule has 4 aromatic carbocycles. The Labute approximate surface area is 195 Å². The molecule has 0 atom stereocenters. The summed E-state index contributed by atoms with van der Waals surface area (Å²) < 4.78 is 0. The molecule has 164 valence electrons. The number of nitrogens with zero attached hydrogens (tertiary/aromatic N) is 4. The normalized spacial score (nSPS) is 14.5. The van der Waals surface area contributed by atoms with Crippen LogP contribution in [0.3, 0.4) is 0 Å². The number of hydrogen-bond donors (Lipinski definition) is 0. The summed E-state index contributed by atoms with van der Waals surface area (Å²) >= 11 is 0. The number of para-hydroxylation sites is 4. The van der Waals surface area contributed by atoms with Crippen LogP contribution in [-0.2, 0) is 13.1 Å². The predicted molar refractivity (Wildman–Crippen MR) is 138 cm³/mol. The molecule has 0 saturated carbocycles. The van der Waals surface area contributed by atoms with Crippen molar-refractivity contribution in [2.75, 3.05) is 39.6 Å². The third kappa shape index (κ3) is 3.89. The Balaban J connectivity index is 1.24. The van der Waals surface area contributed by atoms with Gasteiger partial charge in [0.05, 0.1) is 42.8 Å². The third-order valence-corrected chi connectivity index (χ3v) is 6.58. The third-order valence-electron chi connectivity index (χ3n) is 6.58. The molecule has 6 rings (SSSR count). The lowest BCUT2D eigenvalue weighted by molar-refractivity contribution is 0.707. The molecule has 2 aliphatic rings. The van der Waals surface area contributed by atoms with Crippen molar-refractivity contribution in [1.82, 2.24) is 0 Å². The molecule has 0 spiro atoms. The van der Waals surface area contributed by atoms with Crippen LogP contribution >= 0.6 is 0 Å². The van der Waals surface area contributed by atoms with Gasteiger partial charge in [0.1, 0.15) is 0 Å². The lowest BCUT2D eigenvalue weighted by Crippen LogP contribution is -2.41. The Bertz CT molecular complexity index is 1130. The van der Waals surface area contributed by atoms with E-state index in [1.165, 1.54) is 33.9 Å². The van der Waals surface area contributed by atoms with Gasteiger partial charge in [-0.15, -0.1) is 0 Å². The van der Waals surface area contributed by atoms with Crippen LogP contribution in [-0.4, -0.2) is 20.0 Å². The number of hydrogen-bond acceptors (Lipinski definition) is 4. The Morgan fingerprint density at radius 3 is 1.12 bits per heavy atom. The van der Waals surface area contributed by atoms with E-state index in [4.69, 9.17) is 0 Å². The van der Waals surface area contributed by atoms with E-state index in [0.29, 0.717) is 0 Å². The summed E-state index contributed by atoms with van der Waals surface area (Å²) in [6.45, 7) is 4.50. The largest absolute Gasteiger partial charge is 0.348 e. The quantitative estimate of drug-likeness (QED) is 0.375. The fourth-order valence-electron chi connectivity index (χ4n) is 5.04. The van der Waals surface area contributed by atoms with E-state index in [9.17, 15) is 0 Å². The van der Waals surface area contributed by atoms with E-state index in [0.717, 1.165) is 33.1 Å². The van der Waals surface area contributed by atoms with Gasteiger partial charge in [0.15, 0.2) is 0 Å². The highest BCUT2D eigenvalue weighted by molar-refractivity contribution is 5.79. The van der Waals surface area contributed by atoms with Crippen LogP contribution in [0.5, 0.6) is 0 Å². The number of fused-ring (bicyclic) bond motifs is 2. The van der Waals surface area contributed by atoms with E-state index in [1.54, 1.807) is 0 Å². The van der Waals surface area contributed by atoms with Crippen LogP contribution in [0.1, 0.15) is 11.1 Å². The first-order chi connectivity index (χ1) is 16.3. The summed E-state index contributed by atoms with van der Waals surface area (Å²) in [5, 5.41) is 0. The predicted octanol–water partition coefficient (Wildman–Crippen LogP) is 5.91. The molecule has 0 unspecified atom stereocenters. The van der Waals surface area contributed by atoms with Crippen LogP contribution in [0.2, 0.25) is 0 Å². The molecule has 0 radical (unpaired) electrons. The SMILES string of the molecule is c1ccc(CN2CN(CN3CN(Cc4ccccc4)c4ccccc43)c3ccccc32)cc1. The molecule has 2 aliphatic heterocycles. The first kappa shape index (κ1) is 19.7. The van der Waals surface area contributed by atoms with Crippen molar-refractivity contribution in [3.63, 3.8) is 0 Å². The standard InChI is InChI=1S/C29H28N4/c1-3-11-24(12-4-1)19-30-21-32(28-17-9-7-15-26(28)30)23-33-22-31(20-25-13-5-2-6-14-25)27-16-8-10-18-29(27)33/h1-18H,19-23H2. The van der Waals surface area contributed by atoms with Crippen LogP contribution < -0.4 is 19.6 Å². The first-order valence-corrected chi connectivity index (χ1v) is 11.6. The molecule has 0 saturated heterocycles. The Morgan fingerprint density at radius 2 is 0.727 bits per heavy atom. The van der Waals surface area contributed by atoms with Gasteiger partial charge >= 0.3 is 0 Å². The molecule has 4 nitrogen and oxygen atoms in total. The molecular weight excluding hydrogens is 404 g/mol. The molecule has 0 fully saturated rings. The Morgan fingerprint density at radius 1 is 0.394 bits per heavy atom. The van der Waals surface area contributed by atoms with E-state index in [-0.39, 0.29) is 0 Å². The second-order valence-electron chi connectivity index (χ2n) is 8.85. The van der Waals surface area contributed by atoms with Gasteiger partial charge in [0, 0.05) is 13.1 Å². The maximum absolute atomic E-state index is 2.50. The molecular formula is C29H28N4. The average molecular weight is 433 g/mol. The van der Waals surface area contributed by atoms with Crippen molar-refractivity contribution in [3.05, 3.63) is 120 Å². The number of anilines is 4. The summed E-state index contributed by atoms with van der Waals surface area (Å²) in [6.07, 6.45) is 0. The minimum atomic E-state index is 0.866. The van der Waals surface area contributed by atoms with Crippen molar-refractivity contribution < 1.29 is 0 Å². The zero-order chi connectivity index (χ0) is 22.0. The van der Waals surface area contributed by atoms with Crippen molar-refractivity contribution in [1.29, 1.82) is 0 Å².